The van der Waals surface area contributed by atoms with E-state index in [1.54, 1.807) is 11.8 Å². The maximum atomic E-state index is 5.77. The Morgan fingerprint density at radius 2 is 1.48 bits per heavy atom. The van der Waals surface area contributed by atoms with Gasteiger partial charge in [0.15, 0.2) is 0 Å². The van der Waals surface area contributed by atoms with Gasteiger partial charge in [0.25, 0.3) is 0 Å². The van der Waals surface area contributed by atoms with E-state index < -0.39 is 0 Å². The van der Waals surface area contributed by atoms with Crippen LogP contribution in [0.25, 0.3) is 10.8 Å². The second-order valence-corrected chi connectivity index (χ2v) is 6.87. The molecule has 4 rings (SSSR count). The monoisotopic (exact) mass is 346 g/mol. The predicted molar refractivity (Wildman–Crippen MR) is 102 cm³/mol. The SMILES string of the molecule is c1ccc(Cc2nnc(CSCc3cccc4ccccc34)o2)cc1. The van der Waals surface area contributed by atoms with Gasteiger partial charge in [-0.2, -0.15) is 0 Å². The van der Waals surface area contributed by atoms with E-state index in [9.17, 15) is 0 Å². The van der Waals surface area contributed by atoms with Gasteiger partial charge >= 0.3 is 0 Å². The van der Waals surface area contributed by atoms with Crippen LogP contribution in [0.2, 0.25) is 0 Å². The smallest absolute Gasteiger partial charge is 0.226 e. The Labute approximate surface area is 151 Å². The summed E-state index contributed by atoms with van der Waals surface area (Å²) in [6.07, 6.45) is 0.682. The molecule has 0 amide bonds. The molecule has 3 nitrogen and oxygen atoms in total. The van der Waals surface area contributed by atoms with E-state index in [0.29, 0.717) is 18.2 Å². The van der Waals surface area contributed by atoms with Crippen LogP contribution in [0.15, 0.2) is 77.2 Å². The normalized spacial score (nSPS) is 11.0. The van der Waals surface area contributed by atoms with Crippen molar-refractivity contribution in [2.75, 3.05) is 0 Å². The molecule has 4 aromatic rings. The Kier molecular flexibility index (Phi) is 4.79. The highest BCUT2D eigenvalue weighted by atomic mass is 32.2. The first-order chi connectivity index (χ1) is 12.4. The molecule has 0 fully saturated rings. The van der Waals surface area contributed by atoms with E-state index in [-0.39, 0.29) is 0 Å². The van der Waals surface area contributed by atoms with E-state index in [2.05, 4.69) is 64.8 Å². The van der Waals surface area contributed by atoms with Crippen molar-refractivity contribution in [1.82, 2.24) is 10.2 Å². The van der Waals surface area contributed by atoms with E-state index in [1.165, 1.54) is 21.9 Å². The quantitative estimate of drug-likeness (QED) is 0.478. The first-order valence-corrected chi connectivity index (χ1v) is 9.43. The molecular formula is C21H18N2OS. The lowest BCUT2D eigenvalue weighted by Crippen LogP contribution is -1.87. The molecule has 0 bridgehead atoms. The third-order valence-electron chi connectivity index (χ3n) is 4.07. The number of fused-ring (bicyclic) bond motifs is 1. The first kappa shape index (κ1) is 15.9. The van der Waals surface area contributed by atoms with E-state index in [4.69, 9.17) is 4.42 Å². The molecule has 1 heterocycles. The molecule has 124 valence electrons. The van der Waals surface area contributed by atoms with Gasteiger partial charge in [-0.15, -0.1) is 22.0 Å². The molecule has 0 radical (unpaired) electrons. The Hall–Kier alpha value is -2.59. The van der Waals surface area contributed by atoms with Gasteiger partial charge in [-0.1, -0.05) is 72.8 Å². The topological polar surface area (TPSA) is 38.9 Å². The zero-order chi connectivity index (χ0) is 16.9. The number of aromatic nitrogens is 2. The fraction of sp³-hybridized carbons (Fsp3) is 0.143. The highest BCUT2D eigenvalue weighted by molar-refractivity contribution is 7.97. The van der Waals surface area contributed by atoms with Gasteiger partial charge in [-0.05, 0) is 21.9 Å². The fourth-order valence-corrected chi connectivity index (χ4v) is 3.72. The van der Waals surface area contributed by atoms with Crippen LogP contribution in [-0.2, 0) is 17.9 Å². The standard InChI is InChI=1S/C21H18N2OS/c1-2-7-16(8-3-1)13-20-22-23-21(24-20)15-25-14-18-11-6-10-17-9-4-5-12-19(17)18/h1-12H,13-15H2. The van der Waals surface area contributed by atoms with Crippen LogP contribution in [0, 0.1) is 0 Å². The number of hydrogen-bond acceptors (Lipinski definition) is 4. The number of rotatable bonds is 6. The number of benzene rings is 3. The van der Waals surface area contributed by atoms with Gasteiger partial charge in [0.1, 0.15) is 0 Å². The van der Waals surface area contributed by atoms with Crippen LogP contribution in [0.1, 0.15) is 22.9 Å². The molecule has 0 aliphatic rings. The molecule has 4 heteroatoms. The lowest BCUT2D eigenvalue weighted by atomic mass is 10.1. The molecule has 3 aromatic carbocycles. The van der Waals surface area contributed by atoms with Crippen molar-refractivity contribution in [2.45, 2.75) is 17.9 Å². The summed E-state index contributed by atoms with van der Waals surface area (Å²) < 4.78 is 5.77. The highest BCUT2D eigenvalue weighted by Crippen LogP contribution is 2.24. The van der Waals surface area contributed by atoms with Gasteiger partial charge < -0.3 is 4.42 Å². The molecule has 0 N–H and O–H groups in total. The van der Waals surface area contributed by atoms with Crippen molar-refractivity contribution < 1.29 is 4.42 Å². The van der Waals surface area contributed by atoms with Gasteiger partial charge in [-0.25, -0.2) is 0 Å². The van der Waals surface area contributed by atoms with Crippen LogP contribution >= 0.6 is 11.8 Å². The lowest BCUT2D eigenvalue weighted by molar-refractivity contribution is 0.474. The molecule has 0 saturated heterocycles. The second kappa shape index (κ2) is 7.53. The van der Waals surface area contributed by atoms with E-state index in [0.717, 1.165) is 11.5 Å². The van der Waals surface area contributed by atoms with Crippen LogP contribution in [0.5, 0.6) is 0 Å². The van der Waals surface area contributed by atoms with Crippen molar-refractivity contribution in [3.8, 4) is 0 Å². The summed E-state index contributed by atoms with van der Waals surface area (Å²) in [5, 5.41) is 10.9. The highest BCUT2D eigenvalue weighted by Gasteiger charge is 2.08. The Morgan fingerprint density at radius 3 is 2.40 bits per heavy atom. The van der Waals surface area contributed by atoms with Gasteiger partial charge in [0.05, 0.1) is 12.2 Å². The molecule has 0 unspecified atom stereocenters. The van der Waals surface area contributed by atoms with E-state index in [1.807, 2.05) is 18.2 Å². The largest absolute Gasteiger partial charge is 0.424 e. The summed E-state index contributed by atoms with van der Waals surface area (Å²) in [6.45, 7) is 0. The number of nitrogens with zero attached hydrogens (tertiary/aromatic N) is 2. The summed E-state index contributed by atoms with van der Waals surface area (Å²) in [5.41, 5.74) is 2.52. The van der Waals surface area contributed by atoms with Gasteiger partial charge in [0.2, 0.25) is 11.8 Å². The molecular weight excluding hydrogens is 328 g/mol. The summed E-state index contributed by atoms with van der Waals surface area (Å²) in [4.78, 5) is 0. The number of hydrogen-bond donors (Lipinski definition) is 0. The number of thioether (sulfide) groups is 1. The molecule has 0 aliphatic heterocycles. The van der Waals surface area contributed by atoms with Crippen LogP contribution in [0.4, 0.5) is 0 Å². The third kappa shape index (κ3) is 3.91. The van der Waals surface area contributed by atoms with Crippen LogP contribution < -0.4 is 0 Å². The first-order valence-electron chi connectivity index (χ1n) is 8.28. The predicted octanol–water partition coefficient (Wildman–Crippen LogP) is 5.25. The molecule has 25 heavy (non-hydrogen) atoms. The summed E-state index contributed by atoms with van der Waals surface area (Å²) in [5.74, 6) is 3.02. The van der Waals surface area contributed by atoms with Crippen LogP contribution in [0.3, 0.4) is 0 Å². The van der Waals surface area contributed by atoms with Crippen molar-refractivity contribution in [1.29, 1.82) is 0 Å². The molecule has 1 aromatic heterocycles. The van der Waals surface area contributed by atoms with Crippen molar-refractivity contribution in [3.05, 3.63) is 95.7 Å². The van der Waals surface area contributed by atoms with Crippen molar-refractivity contribution >= 4 is 22.5 Å². The van der Waals surface area contributed by atoms with Crippen molar-refractivity contribution in [2.24, 2.45) is 0 Å². The summed E-state index contributed by atoms with van der Waals surface area (Å²) >= 11 is 1.80. The molecule has 0 atom stereocenters. The Morgan fingerprint density at radius 1 is 0.720 bits per heavy atom. The van der Waals surface area contributed by atoms with Gasteiger partial charge in [-0.3, -0.25) is 0 Å². The molecule has 0 spiro atoms. The molecule has 0 saturated carbocycles. The van der Waals surface area contributed by atoms with E-state index >= 15 is 0 Å². The summed E-state index contributed by atoms with van der Waals surface area (Å²) in [7, 11) is 0. The lowest BCUT2D eigenvalue weighted by Gasteiger charge is -2.05. The Balaban J connectivity index is 1.37. The maximum absolute atomic E-state index is 5.77. The minimum Gasteiger partial charge on any atom is -0.424 e. The Bertz CT molecular complexity index is 960. The zero-order valence-corrected chi connectivity index (χ0v) is 14.6. The maximum Gasteiger partial charge on any atom is 0.226 e. The average molecular weight is 346 g/mol. The average Bonchev–Trinajstić information content (AvgIpc) is 3.10. The van der Waals surface area contributed by atoms with Gasteiger partial charge in [0, 0.05) is 5.75 Å². The molecule has 0 aliphatic carbocycles. The van der Waals surface area contributed by atoms with Crippen LogP contribution in [-0.4, -0.2) is 10.2 Å². The minimum absolute atomic E-state index is 0.673. The second-order valence-electron chi connectivity index (χ2n) is 5.88. The third-order valence-corrected chi connectivity index (χ3v) is 5.04. The summed E-state index contributed by atoms with van der Waals surface area (Å²) in [6, 6.07) is 25.1. The minimum atomic E-state index is 0.673. The van der Waals surface area contributed by atoms with Crippen molar-refractivity contribution in [3.63, 3.8) is 0 Å². The fourth-order valence-electron chi connectivity index (χ4n) is 2.86. The zero-order valence-electron chi connectivity index (χ0n) is 13.8.